The summed E-state index contributed by atoms with van der Waals surface area (Å²) in [6, 6.07) is 0. The van der Waals surface area contributed by atoms with Crippen molar-refractivity contribution in [3.05, 3.63) is 23.0 Å². The Morgan fingerprint density at radius 1 is 0.889 bits per heavy atom. The fraction of sp³-hybridized carbons (Fsp3) is 0.822. The maximum Gasteiger partial charge on any atom is 0.306 e. The Bertz CT molecular complexity index is 1670. The molecule has 1 heterocycles. The molecular formula is C45H64O9. The van der Waals surface area contributed by atoms with Crippen LogP contribution in [0.15, 0.2) is 23.0 Å². The van der Waals surface area contributed by atoms with E-state index in [1.165, 1.54) is 6.42 Å². The quantitative estimate of drug-likeness (QED) is 0.117. The van der Waals surface area contributed by atoms with Crippen LogP contribution in [0.2, 0.25) is 0 Å². The highest BCUT2D eigenvalue weighted by Gasteiger charge is 2.73. The molecule has 54 heavy (non-hydrogen) atoms. The summed E-state index contributed by atoms with van der Waals surface area (Å²) >= 11 is 0. The third-order valence-electron chi connectivity index (χ3n) is 17.4. The van der Waals surface area contributed by atoms with Gasteiger partial charge in [0.15, 0.2) is 5.76 Å². The minimum absolute atomic E-state index is 0.00651. The zero-order chi connectivity index (χ0) is 38.7. The smallest absolute Gasteiger partial charge is 0.306 e. The Morgan fingerprint density at radius 2 is 1.65 bits per heavy atom. The van der Waals surface area contributed by atoms with Crippen LogP contribution in [-0.4, -0.2) is 78.5 Å². The van der Waals surface area contributed by atoms with E-state index in [0.29, 0.717) is 62.0 Å². The lowest BCUT2D eigenvalue weighted by atomic mass is 9.45. The van der Waals surface area contributed by atoms with Crippen molar-refractivity contribution >= 4 is 11.8 Å². The number of ether oxygens (including phenoxy) is 1. The monoisotopic (exact) mass is 748 g/mol. The lowest BCUT2D eigenvalue weighted by Gasteiger charge is -2.61. The van der Waals surface area contributed by atoms with Gasteiger partial charge in [-0.15, -0.1) is 5.92 Å². The van der Waals surface area contributed by atoms with Crippen molar-refractivity contribution in [2.45, 2.75) is 148 Å². The van der Waals surface area contributed by atoms with E-state index in [2.05, 4.69) is 31.8 Å². The summed E-state index contributed by atoms with van der Waals surface area (Å²) in [5.41, 5.74) is -3.23. The molecule has 9 nitrogen and oxygen atoms in total. The second kappa shape index (κ2) is 13.4. The zero-order valence-electron chi connectivity index (χ0n) is 33.0. The molecule has 0 aromatic carbocycles. The molecule has 1 aliphatic heterocycles. The second-order valence-electron chi connectivity index (χ2n) is 20.4. The van der Waals surface area contributed by atoms with Gasteiger partial charge in [0.25, 0.3) is 0 Å². The van der Waals surface area contributed by atoms with Gasteiger partial charge in [-0.2, -0.15) is 0 Å². The van der Waals surface area contributed by atoms with Gasteiger partial charge in [-0.1, -0.05) is 45.3 Å². The molecule has 298 valence electrons. The molecular weight excluding hydrogens is 684 g/mol. The summed E-state index contributed by atoms with van der Waals surface area (Å²) in [5, 5.41) is 71.5. The van der Waals surface area contributed by atoms with E-state index in [0.717, 1.165) is 25.7 Å². The molecule has 7 aliphatic carbocycles. The van der Waals surface area contributed by atoms with Gasteiger partial charge < -0.3 is 35.4 Å². The summed E-state index contributed by atoms with van der Waals surface area (Å²) < 4.78 is 5.52. The van der Waals surface area contributed by atoms with Gasteiger partial charge in [0.2, 0.25) is 5.78 Å². The first-order valence-corrected chi connectivity index (χ1v) is 21.2. The van der Waals surface area contributed by atoms with Gasteiger partial charge in [0.05, 0.1) is 42.5 Å². The van der Waals surface area contributed by atoms with Crippen LogP contribution >= 0.6 is 0 Å². The number of cyclic esters (lactones) is 1. The largest absolute Gasteiger partial charge is 0.504 e. The van der Waals surface area contributed by atoms with Crippen LogP contribution in [0, 0.1) is 87.8 Å². The number of Topliss-reactive ketones (excluding diaryl/α,β-unsaturated/α-hetero) is 1. The number of ketones is 1. The minimum Gasteiger partial charge on any atom is -0.504 e. The molecule has 1 saturated heterocycles. The van der Waals surface area contributed by atoms with Crippen molar-refractivity contribution in [2.75, 3.05) is 6.61 Å². The van der Waals surface area contributed by atoms with Gasteiger partial charge >= 0.3 is 5.97 Å². The number of allylic oxidation sites excluding steroid dienone is 3. The summed E-state index contributed by atoms with van der Waals surface area (Å²) in [6.07, 6.45) is 6.99. The highest BCUT2D eigenvalue weighted by molar-refractivity contribution is 5.98. The van der Waals surface area contributed by atoms with Crippen molar-refractivity contribution in [1.82, 2.24) is 0 Å². The molecule has 0 aromatic heterocycles. The van der Waals surface area contributed by atoms with Gasteiger partial charge in [-0.05, 0) is 124 Å². The normalized spacial score (nSPS) is 53.3. The first kappa shape index (κ1) is 38.6. The third-order valence-corrected chi connectivity index (χ3v) is 17.4. The Balaban J connectivity index is 1.21. The maximum absolute atomic E-state index is 14.0. The molecule has 6 N–H and O–H groups in total. The number of rotatable bonds is 1. The molecule has 8 rings (SSSR count). The molecule has 0 amide bonds. The number of aliphatic hydroxyl groups excluding tert-OH is 4. The van der Waals surface area contributed by atoms with E-state index in [4.69, 9.17) is 4.74 Å². The predicted molar refractivity (Wildman–Crippen MR) is 201 cm³/mol. The Morgan fingerprint density at radius 3 is 2.37 bits per heavy atom. The van der Waals surface area contributed by atoms with E-state index in [9.17, 15) is 40.2 Å². The van der Waals surface area contributed by atoms with Crippen molar-refractivity contribution < 1.29 is 45.0 Å². The number of hydrogen-bond donors (Lipinski definition) is 6. The first-order valence-electron chi connectivity index (χ1n) is 21.2. The average molecular weight is 749 g/mol. The van der Waals surface area contributed by atoms with Crippen LogP contribution in [0.3, 0.4) is 0 Å². The summed E-state index contributed by atoms with van der Waals surface area (Å²) in [6.45, 7) is 10.5. The summed E-state index contributed by atoms with van der Waals surface area (Å²) in [5.74, 6) is 5.71. The Hall–Kier alpha value is -2.22. The maximum atomic E-state index is 14.0. The van der Waals surface area contributed by atoms with Crippen molar-refractivity contribution in [2.24, 2.45) is 75.9 Å². The molecule has 4 saturated carbocycles. The molecule has 18 atom stereocenters. The number of carbonyl (C=O) groups is 2. The lowest BCUT2D eigenvalue weighted by molar-refractivity contribution is -0.184. The van der Waals surface area contributed by atoms with Gasteiger partial charge in [-0.3, -0.25) is 9.59 Å². The SMILES string of the molecule is CC1CCC2=CCC3C(C)CC(O)C(C)(O)C4C(CC#CC(C5COC(=O)C5)CC3C2C1)CC1(O)C2=C(O)C(=O)C3CC(O)C(O)CC3(C)C2CCC41C. The molecule has 5 fully saturated rings. The van der Waals surface area contributed by atoms with E-state index >= 15 is 0 Å². The summed E-state index contributed by atoms with van der Waals surface area (Å²) in [4.78, 5) is 26.5. The van der Waals surface area contributed by atoms with E-state index < -0.39 is 69.6 Å². The van der Waals surface area contributed by atoms with Gasteiger partial charge in [0, 0.05) is 41.1 Å². The Labute approximate surface area is 321 Å². The van der Waals surface area contributed by atoms with E-state index in [1.807, 2.05) is 13.8 Å². The molecule has 8 aliphatic rings. The van der Waals surface area contributed by atoms with Crippen LogP contribution in [-0.2, 0) is 14.3 Å². The number of hydrogen-bond acceptors (Lipinski definition) is 9. The first-order chi connectivity index (χ1) is 25.4. The van der Waals surface area contributed by atoms with Crippen LogP contribution in [0.25, 0.3) is 0 Å². The molecule has 0 radical (unpaired) electrons. The van der Waals surface area contributed by atoms with Crippen LogP contribution in [0.5, 0.6) is 0 Å². The number of aliphatic hydroxyl groups is 6. The van der Waals surface area contributed by atoms with Gasteiger partial charge in [0.1, 0.15) is 0 Å². The van der Waals surface area contributed by atoms with E-state index in [1.54, 1.807) is 12.5 Å². The van der Waals surface area contributed by atoms with Gasteiger partial charge in [-0.25, -0.2) is 0 Å². The fourth-order valence-corrected chi connectivity index (χ4v) is 14.5. The lowest BCUT2D eigenvalue weighted by Crippen LogP contribution is -2.64. The number of esters is 1. The second-order valence-corrected chi connectivity index (χ2v) is 20.4. The van der Waals surface area contributed by atoms with Crippen molar-refractivity contribution in [3.63, 3.8) is 0 Å². The van der Waals surface area contributed by atoms with Crippen LogP contribution < -0.4 is 0 Å². The number of carbonyl (C=O) groups excluding carboxylic acids is 2. The molecule has 0 spiro atoms. The average Bonchev–Trinajstić information content (AvgIpc) is 3.64. The number of fused-ring (bicyclic) bond motifs is 10. The van der Waals surface area contributed by atoms with E-state index in [-0.39, 0.29) is 54.8 Å². The molecule has 9 heteroatoms. The fourth-order valence-electron chi connectivity index (χ4n) is 14.5. The highest BCUT2D eigenvalue weighted by Crippen LogP contribution is 2.71. The highest BCUT2D eigenvalue weighted by atomic mass is 16.5. The predicted octanol–water partition coefficient (Wildman–Crippen LogP) is 5.42. The van der Waals surface area contributed by atoms with Crippen LogP contribution in [0.4, 0.5) is 0 Å². The Kier molecular flexibility index (Phi) is 9.61. The molecule has 0 aromatic rings. The minimum atomic E-state index is -1.67. The van der Waals surface area contributed by atoms with Crippen molar-refractivity contribution in [3.8, 4) is 11.8 Å². The van der Waals surface area contributed by atoms with Crippen LogP contribution in [0.1, 0.15) is 118 Å². The topological polar surface area (TPSA) is 165 Å². The van der Waals surface area contributed by atoms with Crippen molar-refractivity contribution in [1.29, 1.82) is 0 Å². The third kappa shape index (κ3) is 5.73. The molecule has 0 bridgehead atoms. The zero-order valence-corrected chi connectivity index (χ0v) is 33.0. The summed E-state index contributed by atoms with van der Waals surface area (Å²) in [7, 11) is 0. The standard InChI is InChI=1S/C45H64O9/c1-23-9-10-25-11-12-29-24(2)16-36(48)44(5,52)41-27(8-6-7-26(17-31(29)30(25)15-23)28-18-37(49)54-22-28)20-45(53)38-32(13-14-43(41,45)4)42(3)21-35(47)34(46)19-33(42)39(50)40(38)51/h11,23-24,26-36,41,46-48,51-53H,8-10,12-22H2,1-5H3. The molecule has 18 unspecified atom stereocenters.